The zero-order valence-electron chi connectivity index (χ0n) is 13.9. The summed E-state index contributed by atoms with van der Waals surface area (Å²) in [5.41, 5.74) is 3.16. The minimum atomic E-state index is 0.117. The molecule has 0 amide bonds. The summed E-state index contributed by atoms with van der Waals surface area (Å²) in [7, 11) is 1.59. The molecule has 0 aliphatic rings. The van der Waals surface area contributed by atoms with Crippen molar-refractivity contribution in [1.29, 1.82) is 0 Å². The molecule has 0 aliphatic carbocycles. The number of nitrogens with zero attached hydrogens (tertiary/aromatic N) is 4. The number of H-pyrrole nitrogens is 1. The van der Waals surface area contributed by atoms with Gasteiger partial charge in [-0.15, -0.1) is 10.2 Å². The first-order valence-electron chi connectivity index (χ1n) is 7.97. The van der Waals surface area contributed by atoms with Gasteiger partial charge in [0.05, 0.1) is 30.2 Å². The Morgan fingerprint density at radius 3 is 2.88 bits per heavy atom. The van der Waals surface area contributed by atoms with Crippen LogP contribution >= 0.6 is 0 Å². The summed E-state index contributed by atoms with van der Waals surface area (Å²) >= 11 is 0. The number of aromatic amines is 1. The quantitative estimate of drug-likeness (QED) is 0.598. The number of para-hydroxylation sites is 1. The maximum atomic E-state index is 10.4. The number of ether oxygens (including phenoxy) is 1. The zero-order valence-corrected chi connectivity index (χ0v) is 13.9. The topological polar surface area (TPSA) is 88.9 Å². The van der Waals surface area contributed by atoms with Gasteiger partial charge in [-0.3, -0.25) is 4.57 Å². The number of phenols is 1. The van der Waals surface area contributed by atoms with Crippen LogP contribution in [0, 0.1) is 0 Å². The van der Waals surface area contributed by atoms with Crippen LogP contribution in [0.15, 0.2) is 42.7 Å². The van der Waals surface area contributed by atoms with E-state index in [9.17, 15) is 5.11 Å². The van der Waals surface area contributed by atoms with Crippen molar-refractivity contribution in [3.05, 3.63) is 48.5 Å². The van der Waals surface area contributed by atoms with E-state index in [0.717, 1.165) is 22.5 Å². The number of phenolic OH excluding ortho intramolecular Hbond substituents is 1. The molecule has 0 atom stereocenters. The lowest BCUT2D eigenvalue weighted by molar-refractivity contribution is 0.412. The highest BCUT2D eigenvalue weighted by atomic mass is 16.5. The number of rotatable bonds is 4. The number of methoxy groups -OCH3 is 1. The van der Waals surface area contributed by atoms with Crippen LogP contribution in [-0.2, 0) is 6.42 Å². The van der Waals surface area contributed by atoms with Gasteiger partial charge in [0.2, 0.25) is 0 Å². The number of nitrogens with one attached hydrogen (secondary N) is 1. The van der Waals surface area contributed by atoms with Crippen molar-refractivity contribution >= 4 is 11.0 Å². The molecule has 2 aromatic heterocycles. The van der Waals surface area contributed by atoms with E-state index in [-0.39, 0.29) is 5.75 Å². The second-order valence-electron chi connectivity index (χ2n) is 5.59. The van der Waals surface area contributed by atoms with Crippen molar-refractivity contribution in [2.75, 3.05) is 7.11 Å². The Morgan fingerprint density at radius 1 is 1.20 bits per heavy atom. The van der Waals surface area contributed by atoms with E-state index in [0.29, 0.717) is 23.6 Å². The summed E-state index contributed by atoms with van der Waals surface area (Å²) in [5.74, 6) is 2.08. The van der Waals surface area contributed by atoms with Crippen molar-refractivity contribution in [1.82, 2.24) is 24.7 Å². The van der Waals surface area contributed by atoms with E-state index >= 15 is 0 Å². The summed E-state index contributed by atoms with van der Waals surface area (Å²) < 4.78 is 7.21. The fourth-order valence-corrected chi connectivity index (χ4v) is 2.92. The van der Waals surface area contributed by atoms with Gasteiger partial charge in [0.25, 0.3) is 0 Å². The number of hydrogen-bond donors (Lipinski definition) is 2. The molecule has 0 saturated heterocycles. The van der Waals surface area contributed by atoms with E-state index in [1.807, 2.05) is 29.7 Å². The average Bonchev–Trinajstić information content (AvgIpc) is 3.28. The second-order valence-corrected chi connectivity index (χ2v) is 5.59. The van der Waals surface area contributed by atoms with Crippen LogP contribution in [0.3, 0.4) is 0 Å². The summed E-state index contributed by atoms with van der Waals surface area (Å²) in [6.07, 6.45) is 2.35. The third-order valence-corrected chi connectivity index (χ3v) is 4.16. The van der Waals surface area contributed by atoms with Crippen molar-refractivity contribution in [2.24, 2.45) is 0 Å². The van der Waals surface area contributed by atoms with Crippen LogP contribution in [0.1, 0.15) is 12.7 Å². The lowest BCUT2D eigenvalue weighted by atomic mass is 10.1. The van der Waals surface area contributed by atoms with Gasteiger partial charge in [-0.1, -0.05) is 13.0 Å². The molecule has 2 aromatic carbocycles. The third kappa shape index (κ3) is 2.40. The van der Waals surface area contributed by atoms with Crippen LogP contribution in [0.5, 0.6) is 11.5 Å². The number of fused-ring (bicyclic) bond motifs is 1. The van der Waals surface area contributed by atoms with E-state index in [1.54, 1.807) is 31.6 Å². The molecule has 7 nitrogen and oxygen atoms in total. The Morgan fingerprint density at radius 2 is 2.08 bits per heavy atom. The molecular formula is C18H17N5O2. The number of aromatic nitrogens is 5. The Bertz CT molecular complexity index is 1050. The van der Waals surface area contributed by atoms with Gasteiger partial charge in [-0.25, -0.2) is 4.98 Å². The molecule has 0 unspecified atom stereocenters. The molecule has 0 bridgehead atoms. The summed E-state index contributed by atoms with van der Waals surface area (Å²) in [6.45, 7) is 2.01. The van der Waals surface area contributed by atoms with Gasteiger partial charge in [0.15, 0.2) is 5.82 Å². The maximum absolute atomic E-state index is 10.4. The van der Waals surface area contributed by atoms with Crippen molar-refractivity contribution in [3.8, 4) is 28.6 Å². The second kappa shape index (κ2) is 5.94. The normalized spacial score (nSPS) is 11.1. The molecule has 0 spiro atoms. The molecule has 4 rings (SSSR count). The van der Waals surface area contributed by atoms with Crippen LogP contribution < -0.4 is 4.74 Å². The van der Waals surface area contributed by atoms with E-state index in [4.69, 9.17) is 4.74 Å². The first kappa shape index (κ1) is 15.2. The average molecular weight is 335 g/mol. The molecule has 4 aromatic rings. The number of aryl methyl sites for hydroxylation is 1. The summed E-state index contributed by atoms with van der Waals surface area (Å²) in [6, 6.07) is 10.9. The monoisotopic (exact) mass is 335 g/mol. The first-order chi connectivity index (χ1) is 12.2. The van der Waals surface area contributed by atoms with Crippen molar-refractivity contribution in [3.63, 3.8) is 0 Å². The first-order valence-corrected chi connectivity index (χ1v) is 7.97. The Balaban J connectivity index is 2.01. The SMILES string of the molecule is CCc1nnc(-c2cc(OC)ccc2O)n1-c1cccc2[nH]cnc12. The smallest absolute Gasteiger partial charge is 0.172 e. The fourth-order valence-electron chi connectivity index (χ4n) is 2.92. The molecule has 0 saturated carbocycles. The van der Waals surface area contributed by atoms with E-state index in [2.05, 4.69) is 20.2 Å². The minimum absolute atomic E-state index is 0.117. The van der Waals surface area contributed by atoms with Crippen molar-refractivity contribution in [2.45, 2.75) is 13.3 Å². The van der Waals surface area contributed by atoms with Gasteiger partial charge in [0, 0.05) is 6.42 Å². The minimum Gasteiger partial charge on any atom is -0.507 e. The molecule has 2 heterocycles. The number of imidazole rings is 1. The van der Waals surface area contributed by atoms with Gasteiger partial charge in [-0.05, 0) is 30.3 Å². The van der Waals surface area contributed by atoms with Crippen LogP contribution in [0.25, 0.3) is 28.1 Å². The highest BCUT2D eigenvalue weighted by Gasteiger charge is 2.20. The van der Waals surface area contributed by atoms with Gasteiger partial charge >= 0.3 is 0 Å². The highest BCUT2D eigenvalue weighted by molar-refractivity contribution is 5.85. The standard InChI is InChI=1S/C18H17N5O2/c1-3-16-21-22-18(12-9-11(25-2)7-8-15(12)24)23(16)14-6-4-5-13-17(14)20-10-19-13/h4-10,24H,3H2,1-2H3,(H,19,20). The van der Waals surface area contributed by atoms with Gasteiger partial charge in [0.1, 0.15) is 22.8 Å². The lowest BCUT2D eigenvalue weighted by Crippen LogP contribution is -2.03. The molecular weight excluding hydrogens is 318 g/mol. The predicted molar refractivity (Wildman–Crippen MR) is 94.0 cm³/mol. The Labute approximate surface area is 143 Å². The molecule has 7 heteroatoms. The third-order valence-electron chi connectivity index (χ3n) is 4.16. The molecule has 0 fully saturated rings. The van der Waals surface area contributed by atoms with Gasteiger partial charge in [-0.2, -0.15) is 0 Å². The zero-order chi connectivity index (χ0) is 17.4. The summed E-state index contributed by atoms with van der Waals surface area (Å²) in [4.78, 5) is 7.54. The van der Waals surface area contributed by atoms with Gasteiger partial charge < -0.3 is 14.8 Å². The molecule has 126 valence electrons. The largest absolute Gasteiger partial charge is 0.507 e. The van der Waals surface area contributed by atoms with E-state index in [1.165, 1.54) is 0 Å². The van der Waals surface area contributed by atoms with Crippen LogP contribution in [0.2, 0.25) is 0 Å². The molecule has 0 aliphatic heterocycles. The Kier molecular flexibility index (Phi) is 3.61. The highest BCUT2D eigenvalue weighted by Crippen LogP contribution is 2.34. The number of aromatic hydroxyl groups is 1. The number of benzene rings is 2. The van der Waals surface area contributed by atoms with Crippen LogP contribution in [-0.4, -0.2) is 36.9 Å². The Hall–Kier alpha value is -3.35. The maximum Gasteiger partial charge on any atom is 0.172 e. The van der Waals surface area contributed by atoms with E-state index < -0.39 is 0 Å². The molecule has 2 N–H and O–H groups in total. The predicted octanol–water partition coefficient (Wildman–Crippen LogP) is 3.09. The fraction of sp³-hybridized carbons (Fsp3) is 0.167. The summed E-state index contributed by atoms with van der Waals surface area (Å²) in [5, 5.41) is 19.0. The lowest BCUT2D eigenvalue weighted by Gasteiger charge is -2.12. The van der Waals surface area contributed by atoms with Crippen LogP contribution in [0.4, 0.5) is 0 Å². The molecule has 25 heavy (non-hydrogen) atoms. The van der Waals surface area contributed by atoms with Crippen molar-refractivity contribution < 1.29 is 9.84 Å². The molecule has 0 radical (unpaired) electrons. The number of hydrogen-bond acceptors (Lipinski definition) is 5.